The molecule has 0 saturated heterocycles. The van der Waals surface area contributed by atoms with Gasteiger partial charge in [0.1, 0.15) is 6.54 Å². The molecule has 0 spiro atoms. The lowest BCUT2D eigenvalue weighted by Crippen LogP contribution is -3.08. The zero-order valence-corrected chi connectivity index (χ0v) is 10.8. The number of hydrogen-bond acceptors (Lipinski definition) is 2. The van der Waals surface area contributed by atoms with E-state index in [2.05, 4.69) is 17.1 Å². The van der Waals surface area contributed by atoms with Crippen LogP contribution in [0.2, 0.25) is 0 Å². The number of para-hydroxylation sites is 1. The Kier molecular flexibility index (Phi) is 3.99. The first-order valence-electron chi connectivity index (χ1n) is 6.22. The maximum atomic E-state index is 11.4. The second kappa shape index (κ2) is 5.69. The number of nitrogens with one attached hydrogen (secondary N) is 2. The van der Waals surface area contributed by atoms with Gasteiger partial charge >= 0.3 is 5.97 Å². The summed E-state index contributed by atoms with van der Waals surface area (Å²) in [6.45, 7) is 3.47. The zero-order chi connectivity index (χ0) is 13.0. The van der Waals surface area contributed by atoms with Gasteiger partial charge in [-0.15, -0.1) is 0 Å². The third-order valence-corrected chi connectivity index (χ3v) is 2.92. The monoisotopic (exact) mass is 247 g/mol. The molecule has 1 heterocycles. The highest BCUT2D eigenvalue weighted by atomic mass is 16.5. The fraction of sp³-hybridized carbons (Fsp3) is 0.357. The third-order valence-electron chi connectivity index (χ3n) is 2.92. The van der Waals surface area contributed by atoms with Gasteiger partial charge in [0.05, 0.1) is 13.7 Å². The largest absolute Gasteiger partial charge is 0.462 e. The molecule has 2 rings (SSSR count). The lowest BCUT2D eigenvalue weighted by atomic mass is 10.1. The van der Waals surface area contributed by atoms with Gasteiger partial charge in [-0.25, -0.2) is 4.79 Å². The molecule has 18 heavy (non-hydrogen) atoms. The Hall–Kier alpha value is -1.81. The van der Waals surface area contributed by atoms with Crippen LogP contribution in [-0.2, 0) is 16.1 Å². The second-order valence-electron chi connectivity index (χ2n) is 4.48. The van der Waals surface area contributed by atoms with Crippen molar-refractivity contribution in [1.29, 1.82) is 0 Å². The number of carbonyl (C=O) groups is 1. The number of aromatic amines is 1. The summed E-state index contributed by atoms with van der Waals surface area (Å²) in [5, 5.41) is 1.22. The van der Waals surface area contributed by atoms with E-state index in [4.69, 9.17) is 4.74 Å². The number of benzene rings is 1. The average Bonchev–Trinajstić information content (AvgIpc) is 2.73. The van der Waals surface area contributed by atoms with Gasteiger partial charge in [0.2, 0.25) is 0 Å². The highest BCUT2D eigenvalue weighted by Crippen LogP contribution is 2.16. The Bertz CT molecular complexity index is 533. The molecule has 0 bridgehead atoms. The van der Waals surface area contributed by atoms with Crippen molar-refractivity contribution in [1.82, 2.24) is 4.98 Å². The molecular weight excluding hydrogens is 228 g/mol. The van der Waals surface area contributed by atoms with Crippen molar-refractivity contribution < 1.29 is 14.4 Å². The van der Waals surface area contributed by atoms with E-state index >= 15 is 0 Å². The molecule has 2 aromatic rings. The van der Waals surface area contributed by atoms with Crippen molar-refractivity contribution in [3.8, 4) is 0 Å². The number of ether oxygens (including phenoxy) is 1. The predicted molar refractivity (Wildman–Crippen MR) is 70.4 cm³/mol. The van der Waals surface area contributed by atoms with Crippen LogP contribution in [-0.4, -0.2) is 31.2 Å². The SMILES string of the molecule is CCOC(=O)C[NH+](C)Cc1c[nH]c2ccccc12. The van der Waals surface area contributed by atoms with Crippen LogP contribution in [0.1, 0.15) is 12.5 Å². The first-order valence-corrected chi connectivity index (χ1v) is 6.22. The molecule has 2 N–H and O–H groups in total. The average molecular weight is 247 g/mol. The maximum absolute atomic E-state index is 11.4. The van der Waals surface area contributed by atoms with Gasteiger partial charge in [-0.2, -0.15) is 0 Å². The van der Waals surface area contributed by atoms with E-state index in [0.717, 1.165) is 17.0 Å². The van der Waals surface area contributed by atoms with Crippen molar-refractivity contribution in [2.45, 2.75) is 13.5 Å². The summed E-state index contributed by atoms with van der Waals surface area (Å²) in [5.74, 6) is -0.144. The van der Waals surface area contributed by atoms with Crippen LogP contribution in [0.4, 0.5) is 0 Å². The maximum Gasteiger partial charge on any atom is 0.361 e. The summed E-state index contributed by atoms with van der Waals surface area (Å²) in [7, 11) is 2.00. The number of esters is 1. The molecule has 1 aromatic carbocycles. The predicted octanol–water partition coefficient (Wildman–Crippen LogP) is 0.746. The van der Waals surface area contributed by atoms with E-state index in [1.165, 1.54) is 10.9 Å². The van der Waals surface area contributed by atoms with E-state index in [-0.39, 0.29) is 5.97 Å². The number of carbonyl (C=O) groups excluding carboxylic acids is 1. The number of quaternary nitrogens is 1. The van der Waals surface area contributed by atoms with E-state index in [0.29, 0.717) is 13.2 Å². The molecule has 0 aliphatic heterocycles. The van der Waals surface area contributed by atoms with Crippen LogP contribution in [0.5, 0.6) is 0 Å². The fourth-order valence-corrected chi connectivity index (χ4v) is 2.12. The number of H-pyrrole nitrogens is 1. The van der Waals surface area contributed by atoms with Gasteiger partial charge in [-0.3, -0.25) is 0 Å². The number of fused-ring (bicyclic) bond motifs is 1. The fourth-order valence-electron chi connectivity index (χ4n) is 2.12. The van der Waals surface area contributed by atoms with Gasteiger partial charge in [-0.05, 0) is 13.0 Å². The van der Waals surface area contributed by atoms with Crippen LogP contribution in [0.15, 0.2) is 30.5 Å². The van der Waals surface area contributed by atoms with E-state index in [9.17, 15) is 4.79 Å². The minimum absolute atomic E-state index is 0.144. The molecule has 0 aliphatic carbocycles. The van der Waals surface area contributed by atoms with E-state index < -0.39 is 0 Å². The zero-order valence-electron chi connectivity index (χ0n) is 10.8. The third kappa shape index (κ3) is 2.90. The topological polar surface area (TPSA) is 46.5 Å². The lowest BCUT2D eigenvalue weighted by molar-refractivity contribution is -0.886. The van der Waals surface area contributed by atoms with Crippen molar-refractivity contribution in [2.75, 3.05) is 20.2 Å². The van der Waals surface area contributed by atoms with E-state index in [1.54, 1.807) is 0 Å². The van der Waals surface area contributed by atoms with E-state index in [1.807, 2.05) is 32.3 Å². The number of likely N-dealkylation sites (N-methyl/N-ethyl adjacent to an activating group) is 1. The second-order valence-corrected chi connectivity index (χ2v) is 4.48. The van der Waals surface area contributed by atoms with Gasteiger partial charge in [0.25, 0.3) is 0 Å². The Morgan fingerprint density at radius 3 is 2.94 bits per heavy atom. The Balaban J connectivity index is 2.03. The normalized spacial score (nSPS) is 12.6. The first-order chi connectivity index (χ1) is 8.70. The quantitative estimate of drug-likeness (QED) is 0.766. The van der Waals surface area contributed by atoms with Gasteiger partial charge in [0.15, 0.2) is 6.54 Å². The Morgan fingerprint density at radius 2 is 2.17 bits per heavy atom. The molecule has 0 radical (unpaired) electrons. The van der Waals surface area contributed by atoms with Crippen LogP contribution in [0, 0.1) is 0 Å². The number of aromatic nitrogens is 1. The summed E-state index contributed by atoms with van der Waals surface area (Å²) < 4.78 is 4.95. The summed E-state index contributed by atoms with van der Waals surface area (Å²) in [5.41, 5.74) is 2.36. The molecule has 1 atom stereocenters. The Morgan fingerprint density at radius 1 is 1.39 bits per heavy atom. The Labute approximate surface area is 107 Å². The van der Waals surface area contributed by atoms with Gasteiger partial charge in [0, 0.05) is 22.7 Å². The van der Waals surface area contributed by atoms with Crippen molar-refractivity contribution in [3.05, 3.63) is 36.0 Å². The molecule has 4 heteroatoms. The molecule has 0 saturated carbocycles. The standard InChI is InChI=1S/C14H18N2O2/c1-3-18-14(17)10-16(2)9-11-8-15-13-7-5-4-6-12(11)13/h4-8,15H,3,9-10H2,1-2H3/p+1. The molecular formula is C14H19N2O2+. The molecule has 0 amide bonds. The summed E-state index contributed by atoms with van der Waals surface area (Å²) >= 11 is 0. The minimum Gasteiger partial charge on any atom is -0.462 e. The molecule has 1 aromatic heterocycles. The summed E-state index contributed by atoms with van der Waals surface area (Å²) in [6, 6.07) is 8.19. The summed E-state index contributed by atoms with van der Waals surface area (Å²) in [4.78, 5) is 15.8. The summed E-state index contributed by atoms with van der Waals surface area (Å²) in [6.07, 6.45) is 2.01. The molecule has 0 aliphatic rings. The van der Waals surface area contributed by atoms with Crippen molar-refractivity contribution in [2.24, 2.45) is 0 Å². The van der Waals surface area contributed by atoms with Crippen molar-refractivity contribution in [3.63, 3.8) is 0 Å². The molecule has 4 nitrogen and oxygen atoms in total. The molecule has 96 valence electrons. The van der Waals surface area contributed by atoms with Crippen LogP contribution < -0.4 is 4.90 Å². The minimum atomic E-state index is -0.144. The first kappa shape index (κ1) is 12.6. The van der Waals surface area contributed by atoms with Crippen LogP contribution in [0.25, 0.3) is 10.9 Å². The smallest absolute Gasteiger partial charge is 0.361 e. The molecule has 1 unspecified atom stereocenters. The van der Waals surface area contributed by atoms with Crippen molar-refractivity contribution >= 4 is 16.9 Å². The van der Waals surface area contributed by atoms with Crippen LogP contribution in [0.3, 0.4) is 0 Å². The van der Waals surface area contributed by atoms with Crippen LogP contribution >= 0.6 is 0 Å². The number of hydrogen-bond donors (Lipinski definition) is 2. The highest BCUT2D eigenvalue weighted by Gasteiger charge is 2.13. The van der Waals surface area contributed by atoms with Gasteiger partial charge < -0.3 is 14.6 Å². The van der Waals surface area contributed by atoms with Gasteiger partial charge in [-0.1, -0.05) is 18.2 Å². The molecule has 0 fully saturated rings. The number of rotatable bonds is 5. The lowest BCUT2D eigenvalue weighted by Gasteiger charge is -2.12. The highest BCUT2D eigenvalue weighted by molar-refractivity contribution is 5.82.